The molecule has 0 spiro atoms. The second kappa shape index (κ2) is 5.85. The van der Waals surface area contributed by atoms with E-state index in [0.29, 0.717) is 4.90 Å². The highest BCUT2D eigenvalue weighted by Crippen LogP contribution is 2.19. The molecule has 2 rings (SSSR count). The Morgan fingerprint density at radius 3 is 2.26 bits per heavy atom. The molecule has 3 heteroatoms. The van der Waals surface area contributed by atoms with Crippen molar-refractivity contribution in [2.75, 3.05) is 0 Å². The Balaban J connectivity index is 2.36. The van der Waals surface area contributed by atoms with Crippen molar-refractivity contribution in [3.63, 3.8) is 0 Å². The third-order valence-corrected chi connectivity index (χ3v) is 4.53. The number of allylic oxidation sites excluding steroid dienone is 1. The quantitative estimate of drug-likeness (QED) is 0.850. The largest absolute Gasteiger partial charge is 0.223 e. The van der Waals surface area contributed by atoms with Crippen molar-refractivity contribution in [1.29, 1.82) is 0 Å². The van der Waals surface area contributed by atoms with Gasteiger partial charge in [-0.25, -0.2) is 8.42 Å². The normalized spacial score (nSPS) is 11.8. The zero-order chi connectivity index (χ0) is 13.7. The molecule has 0 bridgehead atoms. The number of sulfone groups is 1. The van der Waals surface area contributed by atoms with Gasteiger partial charge in [-0.1, -0.05) is 54.6 Å². The van der Waals surface area contributed by atoms with Crippen LogP contribution in [0.3, 0.4) is 0 Å². The molecule has 0 aliphatic carbocycles. The zero-order valence-electron chi connectivity index (χ0n) is 10.8. The van der Waals surface area contributed by atoms with Gasteiger partial charge in [-0.2, -0.15) is 0 Å². The number of hydrogen-bond donors (Lipinski definition) is 0. The van der Waals surface area contributed by atoms with E-state index < -0.39 is 9.84 Å². The molecule has 0 N–H and O–H groups in total. The van der Waals surface area contributed by atoms with E-state index in [4.69, 9.17) is 0 Å². The highest BCUT2D eigenvalue weighted by atomic mass is 32.2. The van der Waals surface area contributed by atoms with Gasteiger partial charge in [-0.05, 0) is 30.2 Å². The van der Waals surface area contributed by atoms with Gasteiger partial charge >= 0.3 is 0 Å². The highest BCUT2D eigenvalue weighted by Gasteiger charge is 2.15. The van der Waals surface area contributed by atoms with Crippen LogP contribution in [0.1, 0.15) is 18.1 Å². The molecule has 0 heterocycles. The van der Waals surface area contributed by atoms with Crippen LogP contribution >= 0.6 is 0 Å². The van der Waals surface area contributed by atoms with E-state index in [0.717, 1.165) is 11.1 Å². The molecule has 0 amide bonds. The molecule has 2 aromatic rings. The average Bonchev–Trinajstić information content (AvgIpc) is 2.42. The van der Waals surface area contributed by atoms with Crippen molar-refractivity contribution in [2.24, 2.45) is 0 Å². The molecular weight excluding hydrogens is 256 g/mol. The maximum Gasteiger partial charge on any atom is 0.182 e. The van der Waals surface area contributed by atoms with Crippen LogP contribution in [0, 0.1) is 0 Å². The summed E-state index contributed by atoms with van der Waals surface area (Å²) in [5.41, 5.74) is 1.77. The van der Waals surface area contributed by atoms with E-state index in [2.05, 4.69) is 0 Å². The highest BCUT2D eigenvalue weighted by molar-refractivity contribution is 7.90. The zero-order valence-corrected chi connectivity index (χ0v) is 11.6. The van der Waals surface area contributed by atoms with E-state index in [1.165, 1.54) is 0 Å². The summed E-state index contributed by atoms with van der Waals surface area (Å²) in [4.78, 5) is 0.366. The number of rotatable bonds is 4. The molecule has 0 atom stereocenters. The van der Waals surface area contributed by atoms with Gasteiger partial charge < -0.3 is 0 Å². The fourth-order valence-electron chi connectivity index (χ4n) is 1.92. The third-order valence-electron chi connectivity index (χ3n) is 2.85. The first-order valence-corrected chi connectivity index (χ1v) is 7.77. The maximum atomic E-state index is 12.3. The lowest BCUT2D eigenvalue weighted by molar-refractivity contribution is 0.595. The van der Waals surface area contributed by atoms with E-state index in [9.17, 15) is 8.42 Å². The minimum atomic E-state index is -3.29. The van der Waals surface area contributed by atoms with Crippen molar-refractivity contribution < 1.29 is 8.42 Å². The molecule has 2 aromatic carbocycles. The van der Waals surface area contributed by atoms with Crippen LogP contribution in [-0.2, 0) is 15.6 Å². The van der Waals surface area contributed by atoms with Crippen molar-refractivity contribution in [1.82, 2.24) is 0 Å². The lowest BCUT2D eigenvalue weighted by Gasteiger charge is -2.07. The van der Waals surface area contributed by atoms with Crippen LogP contribution in [0.5, 0.6) is 0 Å². The molecule has 0 radical (unpaired) electrons. The number of hydrogen-bond acceptors (Lipinski definition) is 2. The monoisotopic (exact) mass is 272 g/mol. The summed E-state index contributed by atoms with van der Waals surface area (Å²) in [6.07, 6.45) is 3.84. The Hall–Kier alpha value is -1.87. The summed E-state index contributed by atoms with van der Waals surface area (Å²) in [6, 6.07) is 16.1. The minimum absolute atomic E-state index is 0.0253. The van der Waals surface area contributed by atoms with Gasteiger partial charge in [-0.3, -0.25) is 0 Å². The van der Waals surface area contributed by atoms with Gasteiger partial charge in [0.1, 0.15) is 0 Å². The summed E-state index contributed by atoms with van der Waals surface area (Å²) in [7, 11) is -3.29. The molecule has 0 fully saturated rings. The summed E-state index contributed by atoms with van der Waals surface area (Å²) in [5, 5.41) is 0. The first kappa shape index (κ1) is 13.6. The molecular formula is C16H16O2S. The summed E-state index contributed by atoms with van der Waals surface area (Å²) in [6.45, 7) is 1.92. The van der Waals surface area contributed by atoms with Crippen LogP contribution in [0.4, 0.5) is 0 Å². The van der Waals surface area contributed by atoms with Crippen LogP contribution in [-0.4, -0.2) is 8.42 Å². The van der Waals surface area contributed by atoms with Gasteiger partial charge in [0, 0.05) is 0 Å². The minimum Gasteiger partial charge on any atom is -0.223 e. The van der Waals surface area contributed by atoms with Crippen LogP contribution in [0.25, 0.3) is 6.08 Å². The van der Waals surface area contributed by atoms with Crippen LogP contribution in [0.15, 0.2) is 65.6 Å². The Kier molecular flexibility index (Phi) is 4.17. The maximum absolute atomic E-state index is 12.3. The van der Waals surface area contributed by atoms with Gasteiger partial charge in [0.15, 0.2) is 9.84 Å². The third kappa shape index (κ3) is 3.32. The standard InChI is InChI=1S/C16H16O2S/c1-2-8-14-9-6-7-10-15(14)13-19(17,18)16-11-4-3-5-12-16/h2-12H,13H2,1H3. The van der Waals surface area contributed by atoms with Crippen molar-refractivity contribution >= 4 is 15.9 Å². The Bertz CT molecular complexity index is 671. The first-order chi connectivity index (χ1) is 9.13. The van der Waals surface area contributed by atoms with E-state index in [1.54, 1.807) is 24.3 Å². The second-order valence-corrected chi connectivity index (χ2v) is 6.26. The first-order valence-electron chi connectivity index (χ1n) is 6.12. The molecule has 0 aliphatic rings. The smallest absolute Gasteiger partial charge is 0.182 e. The fraction of sp³-hybridized carbons (Fsp3) is 0.125. The molecule has 0 aliphatic heterocycles. The summed E-state index contributed by atoms with van der Waals surface area (Å²) < 4.78 is 24.7. The molecule has 0 aromatic heterocycles. The van der Waals surface area contributed by atoms with Crippen molar-refractivity contribution in [2.45, 2.75) is 17.6 Å². The fourth-order valence-corrected chi connectivity index (χ4v) is 3.33. The Morgan fingerprint density at radius 1 is 0.947 bits per heavy atom. The second-order valence-electron chi connectivity index (χ2n) is 4.27. The molecule has 98 valence electrons. The number of benzene rings is 2. The van der Waals surface area contributed by atoms with Gasteiger partial charge in [-0.15, -0.1) is 0 Å². The average molecular weight is 272 g/mol. The Morgan fingerprint density at radius 2 is 1.58 bits per heavy atom. The van der Waals surface area contributed by atoms with E-state index in [-0.39, 0.29) is 5.75 Å². The summed E-state index contributed by atoms with van der Waals surface area (Å²) >= 11 is 0. The predicted octanol–water partition coefficient (Wildman–Crippen LogP) is 3.69. The van der Waals surface area contributed by atoms with Crippen LogP contribution < -0.4 is 0 Å². The molecule has 19 heavy (non-hydrogen) atoms. The Labute approximate surface area is 114 Å². The van der Waals surface area contributed by atoms with Crippen molar-refractivity contribution in [3.05, 3.63) is 71.8 Å². The SMILES string of the molecule is CC=Cc1ccccc1CS(=O)(=O)c1ccccc1. The molecule has 0 saturated carbocycles. The molecule has 0 unspecified atom stereocenters. The molecule has 2 nitrogen and oxygen atoms in total. The van der Waals surface area contributed by atoms with Gasteiger partial charge in [0.2, 0.25) is 0 Å². The summed E-state index contributed by atoms with van der Waals surface area (Å²) in [5.74, 6) is 0.0253. The van der Waals surface area contributed by atoms with E-state index in [1.807, 2.05) is 49.4 Å². The van der Waals surface area contributed by atoms with Crippen LogP contribution in [0.2, 0.25) is 0 Å². The lowest BCUT2D eigenvalue weighted by atomic mass is 10.1. The van der Waals surface area contributed by atoms with Gasteiger partial charge in [0.25, 0.3) is 0 Å². The van der Waals surface area contributed by atoms with Crippen molar-refractivity contribution in [3.8, 4) is 0 Å². The lowest BCUT2D eigenvalue weighted by Crippen LogP contribution is -2.05. The van der Waals surface area contributed by atoms with Gasteiger partial charge in [0.05, 0.1) is 10.6 Å². The predicted molar refractivity (Wildman–Crippen MR) is 78.5 cm³/mol. The van der Waals surface area contributed by atoms with E-state index >= 15 is 0 Å². The molecule has 0 saturated heterocycles. The topological polar surface area (TPSA) is 34.1 Å².